The second-order valence-corrected chi connectivity index (χ2v) is 7.68. The molecule has 2 aromatic heterocycles. The largest absolute Gasteiger partial charge is 0.298 e. The number of hydrogen-bond acceptors (Lipinski definition) is 5. The van der Waals surface area contributed by atoms with Crippen LogP contribution >= 0.6 is 0 Å². The van der Waals surface area contributed by atoms with E-state index in [2.05, 4.69) is 40.0 Å². The van der Waals surface area contributed by atoms with Gasteiger partial charge in [0.1, 0.15) is 11.9 Å². The average molecular weight is 336 g/mol. The number of aromatic amines is 1. The number of H-pyrrole nitrogens is 1. The van der Waals surface area contributed by atoms with Gasteiger partial charge in [0.15, 0.2) is 5.82 Å². The Hall–Kier alpha value is -2.26. The van der Waals surface area contributed by atoms with Gasteiger partial charge in [0.25, 0.3) is 0 Å². The molecule has 25 heavy (non-hydrogen) atoms. The second-order valence-electron chi connectivity index (χ2n) is 7.68. The van der Waals surface area contributed by atoms with Gasteiger partial charge in [-0.3, -0.25) is 15.0 Å². The van der Waals surface area contributed by atoms with Crippen molar-refractivity contribution < 1.29 is 0 Å². The van der Waals surface area contributed by atoms with Crippen LogP contribution in [0.25, 0.3) is 0 Å². The highest BCUT2D eigenvalue weighted by Gasteiger charge is 2.44. The van der Waals surface area contributed by atoms with Gasteiger partial charge in [-0.2, -0.15) is 10.4 Å². The molecule has 0 unspecified atom stereocenters. The summed E-state index contributed by atoms with van der Waals surface area (Å²) in [5, 5.41) is 16.9. The molecular weight excluding hydrogens is 312 g/mol. The predicted molar refractivity (Wildman–Crippen MR) is 93.7 cm³/mol. The molecule has 0 bridgehead atoms. The first-order chi connectivity index (χ1) is 12.2. The Morgan fingerprint density at radius 2 is 2.20 bits per heavy atom. The average Bonchev–Trinajstić information content (AvgIpc) is 3.18. The van der Waals surface area contributed by atoms with Gasteiger partial charge >= 0.3 is 0 Å². The minimum Gasteiger partial charge on any atom is -0.298 e. The second kappa shape index (κ2) is 6.57. The molecule has 2 fully saturated rings. The summed E-state index contributed by atoms with van der Waals surface area (Å²) in [6, 6.07) is 4.22. The molecule has 2 atom stereocenters. The lowest BCUT2D eigenvalue weighted by atomic mass is 9.91. The maximum absolute atomic E-state index is 9.30. The van der Waals surface area contributed by atoms with Crippen molar-refractivity contribution in [2.24, 2.45) is 11.8 Å². The molecule has 1 saturated heterocycles. The van der Waals surface area contributed by atoms with Crippen molar-refractivity contribution in [3.8, 4) is 6.07 Å². The lowest BCUT2D eigenvalue weighted by Gasteiger charge is -2.16. The SMILES string of the molecule is CC(C)c1n[nH]c([C@H]2CN(Cc3ccncc3C#N)C[C@@H]2C2CC2)n1. The third-order valence-electron chi connectivity index (χ3n) is 5.48. The van der Waals surface area contributed by atoms with Crippen molar-refractivity contribution in [2.75, 3.05) is 13.1 Å². The molecule has 1 saturated carbocycles. The van der Waals surface area contributed by atoms with Gasteiger partial charge in [0.05, 0.1) is 5.56 Å². The molecule has 1 aliphatic carbocycles. The van der Waals surface area contributed by atoms with E-state index >= 15 is 0 Å². The molecule has 1 N–H and O–H groups in total. The minimum absolute atomic E-state index is 0.344. The Bertz CT molecular complexity index is 785. The molecule has 0 amide bonds. The molecule has 3 heterocycles. The van der Waals surface area contributed by atoms with E-state index in [1.807, 2.05) is 6.07 Å². The van der Waals surface area contributed by atoms with Gasteiger partial charge in [-0.15, -0.1) is 0 Å². The summed E-state index contributed by atoms with van der Waals surface area (Å²) in [6.45, 7) is 7.09. The zero-order chi connectivity index (χ0) is 17.4. The number of rotatable bonds is 5. The fourth-order valence-electron chi connectivity index (χ4n) is 3.95. The molecule has 0 spiro atoms. The molecule has 1 aliphatic heterocycles. The molecule has 130 valence electrons. The fourth-order valence-corrected chi connectivity index (χ4v) is 3.95. The van der Waals surface area contributed by atoms with E-state index < -0.39 is 0 Å². The third-order valence-corrected chi connectivity index (χ3v) is 5.48. The summed E-state index contributed by atoms with van der Waals surface area (Å²) in [4.78, 5) is 11.3. The first-order valence-corrected chi connectivity index (χ1v) is 9.13. The molecular formula is C19H24N6. The van der Waals surface area contributed by atoms with Crippen LogP contribution in [0, 0.1) is 23.2 Å². The van der Waals surface area contributed by atoms with Gasteiger partial charge < -0.3 is 0 Å². The van der Waals surface area contributed by atoms with Crippen molar-refractivity contribution in [3.63, 3.8) is 0 Å². The minimum atomic E-state index is 0.344. The number of aromatic nitrogens is 4. The summed E-state index contributed by atoms with van der Waals surface area (Å²) < 4.78 is 0. The molecule has 2 aliphatic rings. The number of likely N-dealkylation sites (tertiary alicyclic amines) is 1. The molecule has 4 rings (SSSR count). The lowest BCUT2D eigenvalue weighted by molar-refractivity contribution is 0.309. The van der Waals surface area contributed by atoms with Crippen molar-refractivity contribution in [3.05, 3.63) is 41.2 Å². The Kier molecular flexibility index (Phi) is 4.26. The van der Waals surface area contributed by atoms with Crippen LogP contribution in [-0.4, -0.2) is 38.2 Å². The molecule has 6 heteroatoms. The number of nitrogens with one attached hydrogen (secondary N) is 1. The van der Waals surface area contributed by atoms with Gasteiger partial charge in [-0.05, 0) is 36.3 Å². The van der Waals surface area contributed by atoms with Crippen LogP contribution in [0.3, 0.4) is 0 Å². The summed E-state index contributed by atoms with van der Waals surface area (Å²) in [5.41, 5.74) is 1.74. The zero-order valence-electron chi connectivity index (χ0n) is 14.8. The predicted octanol–water partition coefficient (Wildman–Crippen LogP) is 2.82. The standard InChI is InChI=1S/C19H24N6/c1-12(2)18-22-19(24-23-18)17-11-25(10-16(17)13-3-4-13)9-14-5-6-21-8-15(14)7-20/h5-6,8,12-13,16-17H,3-4,9-11H2,1-2H3,(H,22,23,24)/t16-,17+/m1/s1. The summed E-state index contributed by atoms with van der Waals surface area (Å²) in [6.07, 6.45) is 6.10. The Balaban J connectivity index is 1.53. The quantitative estimate of drug-likeness (QED) is 0.908. The first kappa shape index (κ1) is 16.2. The first-order valence-electron chi connectivity index (χ1n) is 9.13. The number of nitriles is 1. The van der Waals surface area contributed by atoms with Crippen LogP contribution in [0.5, 0.6) is 0 Å². The van der Waals surface area contributed by atoms with E-state index in [-0.39, 0.29) is 0 Å². The maximum Gasteiger partial charge on any atom is 0.153 e. The van der Waals surface area contributed by atoms with Gasteiger partial charge in [-0.1, -0.05) is 13.8 Å². The molecule has 2 aromatic rings. The smallest absolute Gasteiger partial charge is 0.153 e. The fraction of sp³-hybridized carbons (Fsp3) is 0.579. The summed E-state index contributed by atoms with van der Waals surface area (Å²) >= 11 is 0. The van der Waals surface area contributed by atoms with Crippen molar-refractivity contribution in [2.45, 2.75) is 45.1 Å². The van der Waals surface area contributed by atoms with Gasteiger partial charge in [-0.25, -0.2) is 4.98 Å². The lowest BCUT2D eigenvalue weighted by Crippen LogP contribution is -2.21. The number of pyridine rings is 1. The maximum atomic E-state index is 9.30. The van der Waals surface area contributed by atoms with Crippen molar-refractivity contribution in [1.29, 1.82) is 5.26 Å². The van der Waals surface area contributed by atoms with E-state index in [0.29, 0.717) is 23.3 Å². The van der Waals surface area contributed by atoms with E-state index in [9.17, 15) is 5.26 Å². The van der Waals surface area contributed by atoms with Crippen molar-refractivity contribution >= 4 is 0 Å². The van der Waals surface area contributed by atoms with E-state index in [1.165, 1.54) is 12.8 Å². The summed E-state index contributed by atoms with van der Waals surface area (Å²) in [7, 11) is 0. The highest BCUT2D eigenvalue weighted by molar-refractivity contribution is 5.34. The van der Waals surface area contributed by atoms with Gasteiger partial charge in [0, 0.05) is 43.9 Å². The Morgan fingerprint density at radius 3 is 2.88 bits per heavy atom. The Morgan fingerprint density at radius 1 is 1.36 bits per heavy atom. The normalized spacial score (nSPS) is 23.9. The Labute approximate surface area is 148 Å². The van der Waals surface area contributed by atoms with Gasteiger partial charge in [0.2, 0.25) is 0 Å². The highest BCUT2D eigenvalue weighted by atomic mass is 15.2. The van der Waals surface area contributed by atoms with Crippen LogP contribution in [0.15, 0.2) is 18.5 Å². The van der Waals surface area contributed by atoms with Crippen LogP contribution in [0.1, 0.15) is 61.3 Å². The highest BCUT2D eigenvalue weighted by Crippen LogP contribution is 2.47. The number of hydrogen-bond donors (Lipinski definition) is 1. The zero-order valence-corrected chi connectivity index (χ0v) is 14.8. The molecule has 0 aromatic carbocycles. The third kappa shape index (κ3) is 3.29. The van der Waals surface area contributed by atoms with Crippen LogP contribution in [-0.2, 0) is 6.54 Å². The van der Waals surface area contributed by atoms with E-state index in [4.69, 9.17) is 4.98 Å². The number of nitrogens with zero attached hydrogens (tertiary/aromatic N) is 5. The monoisotopic (exact) mass is 336 g/mol. The molecule has 6 nitrogen and oxygen atoms in total. The van der Waals surface area contributed by atoms with E-state index in [0.717, 1.165) is 42.8 Å². The topological polar surface area (TPSA) is 81.5 Å². The van der Waals surface area contributed by atoms with Crippen LogP contribution < -0.4 is 0 Å². The van der Waals surface area contributed by atoms with Crippen LogP contribution in [0.2, 0.25) is 0 Å². The van der Waals surface area contributed by atoms with Crippen LogP contribution in [0.4, 0.5) is 0 Å². The molecule has 0 radical (unpaired) electrons. The summed E-state index contributed by atoms with van der Waals surface area (Å²) in [5.74, 6) is 4.16. The van der Waals surface area contributed by atoms with E-state index in [1.54, 1.807) is 12.4 Å². The van der Waals surface area contributed by atoms with Crippen molar-refractivity contribution in [1.82, 2.24) is 25.1 Å².